The van der Waals surface area contributed by atoms with Gasteiger partial charge in [0, 0.05) is 11.5 Å². The Kier molecular flexibility index (Phi) is 7.21. The molecule has 0 aliphatic carbocycles. The molecule has 0 bridgehead atoms. The van der Waals surface area contributed by atoms with Crippen LogP contribution in [0.4, 0.5) is 26.3 Å². The Morgan fingerprint density at radius 2 is 1.24 bits per heavy atom. The first-order valence-electron chi connectivity index (χ1n) is 12.5. The number of hydrogen-bond donors (Lipinski definition) is 1. The summed E-state index contributed by atoms with van der Waals surface area (Å²) in [5.74, 6) is -0.267. The summed E-state index contributed by atoms with van der Waals surface area (Å²) in [6.07, 6.45) is -11.7. The van der Waals surface area contributed by atoms with Crippen LogP contribution in [0.5, 0.6) is 0 Å². The second kappa shape index (κ2) is 10.5. The number of rotatable bonds is 6. The summed E-state index contributed by atoms with van der Waals surface area (Å²) < 4.78 is 82.1. The maximum Gasteiger partial charge on any atom is 0.430 e. The van der Waals surface area contributed by atoms with E-state index in [1.54, 1.807) is 24.3 Å². The van der Waals surface area contributed by atoms with Crippen LogP contribution in [0.2, 0.25) is 0 Å². The number of fused-ring (bicyclic) bond motifs is 1. The molecule has 1 N–H and O–H groups in total. The second-order valence-electron chi connectivity index (χ2n) is 9.53. The van der Waals surface area contributed by atoms with Crippen LogP contribution < -0.4 is 5.56 Å². The van der Waals surface area contributed by atoms with Gasteiger partial charge in [-0.1, -0.05) is 84.9 Å². The SMILES string of the molecule is O=c1c2ccccc2nc(C(Cc2ccccc2)c2ccccc2)n1-c1ccc(C(O)(C(F)(F)F)C(F)(F)F)cc1. The minimum absolute atomic E-state index is 0.00676. The van der Waals surface area contributed by atoms with Crippen LogP contribution in [0.1, 0.15) is 28.4 Å². The summed E-state index contributed by atoms with van der Waals surface area (Å²) in [6, 6.07) is 28.1. The molecule has 5 rings (SSSR count). The maximum absolute atomic E-state index is 13.9. The van der Waals surface area contributed by atoms with Gasteiger partial charge in [0.15, 0.2) is 0 Å². The number of nitrogens with zero attached hydrogens (tertiary/aromatic N) is 2. The minimum Gasteiger partial charge on any atom is -0.369 e. The van der Waals surface area contributed by atoms with Crippen molar-refractivity contribution < 1.29 is 31.4 Å². The third-order valence-corrected chi connectivity index (χ3v) is 6.96. The van der Waals surface area contributed by atoms with Gasteiger partial charge in [0.05, 0.1) is 16.6 Å². The van der Waals surface area contributed by atoms with Crippen LogP contribution >= 0.6 is 0 Å². The van der Waals surface area contributed by atoms with Gasteiger partial charge in [-0.25, -0.2) is 4.98 Å². The molecule has 4 aromatic carbocycles. The van der Waals surface area contributed by atoms with Crippen molar-refractivity contribution in [1.82, 2.24) is 9.55 Å². The average Bonchev–Trinajstić information content (AvgIpc) is 2.95. The van der Waals surface area contributed by atoms with E-state index in [-0.39, 0.29) is 16.9 Å². The summed E-state index contributed by atoms with van der Waals surface area (Å²) in [6.45, 7) is 0. The van der Waals surface area contributed by atoms with Gasteiger partial charge in [-0.05, 0) is 41.8 Å². The summed E-state index contributed by atoms with van der Waals surface area (Å²) in [4.78, 5) is 18.6. The molecule has 0 fully saturated rings. The van der Waals surface area contributed by atoms with Gasteiger partial charge in [-0.15, -0.1) is 0 Å². The molecule has 0 aliphatic rings. The lowest BCUT2D eigenvalue weighted by Crippen LogP contribution is -2.53. The average molecular weight is 569 g/mol. The maximum atomic E-state index is 13.9. The zero-order valence-corrected chi connectivity index (χ0v) is 21.2. The van der Waals surface area contributed by atoms with Gasteiger partial charge >= 0.3 is 12.4 Å². The fourth-order valence-electron chi connectivity index (χ4n) is 4.87. The molecule has 41 heavy (non-hydrogen) atoms. The highest BCUT2D eigenvalue weighted by atomic mass is 19.4. The quantitative estimate of drug-likeness (QED) is 0.223. The molecule has 10 heteroatoms. The molecular formula is C31H22F6N2O2. The minimum atomic E-state index is -6.03. The van der Waals surface area contributed by atoms with E-state index in [4.69, 9.17) is 4.98 Å². The molecular weight excluding hydrogens is 546 g/mol. The molecule has 0 saturated carbocycles. The Labute approximate surface area is 230 Å². The van der Waals surface area contributed by atoms with Gasteiger partial charge in [-0.3, -0.25) is 9.36 Å². The molecule has 1 unspecified atom stereocenters. The summed E-state index contributed by atoms with van der Waals surface area (Å²) in [7, 11) is 0. The fraction of sp³-hybridized carbons (Fsp3) is 0.161. The van der Waals surface area contributed by atoms with E-state index in [2.05, 4.69) is 0 Å². The summed E-state index contributed by atoms with van der Waals surface area (Å²) >= 11 is 0. The van der Waals surface area contributed by atoms with E-state index in [1.165, 1.54) is 4.57 Å². The smallest absolute Gasteiger partial charge is 0.369 e. The monoisotopic (exact) mass is 568 g/mol. The van der Waals surface area contributed by atoms with E-state index in [0.29, 0.717) is 24.1 Å². The first kappa shape index (κ1) is 28.1. The number of benzene rings is 4. The van der Waals surface area contributed by atoms with Crippen molar-refractivity contribution in [2.24, 2.45) is 0 Å². The van der Waals surface area contributed by atoms with Crippen molar-refractivity contribution in [3.8, 4) is 5.69 Å². The third kappa shape index (κ3) is 5.11. The highest BCUT2D eigenvalue weighted by Gasteiger charge is 2.71. The lowest BCUT2D eigenvalue weighted by atomic mass is 9.90. The molecule has 0 saturated heterocycles. The highest BCUT2D eigenvalue weighted by molar-refractivity contribution is 5.78. The molecule has 210 valence electrons. The van der Waals surface area contributed by atoms with E-state index >= 15 is 0 Å². The molecule has 4 nitrogen and oxygen atoms in total. The zero-order valence-electron chi connectivity index (χ0n) is 21.2. The number of halogens is 6. The zero-order chi connectivity index (χ0) is 29.4. The van der Waals surface area contributed by atoms with Crippen LogP contribution in [-0.2, 0) is 12.0 Å². The second-order valence-corrected chi connectivity index (χ2v) is 9.53. The third-order valence-electron chi connectivity index (χ3n) is 6.96. The number of hydrogen-bond acceptors (Lipinski definition) is 3. The van der Waals surface area contributed by atoms with Crippen molar-refractivity contribution in [3.05, 3.63) is 142 Å². The van der Waals surface area contributed by atoms with Gasteiger partial charge in [0.25, 0.3) is 11.2 Å². The Bertz CT molecular complexity index is 1700. The first-order valence-corrected chi connectivity index (χ1v) is 12.5. The molecule has 0 aliphatic heterocycles. The lowest BCUT2D eigenvalue weighted by molar-refractivity contribution is -0.376. The summed E-state index contributed by atoms with van der Waals surface area (Å²) in [5.41, 5.74) is -4.96. The van der Waals surface area contributed by atoms with Crippen molar-refractivity contribution in [2.75, 3.05) is 0 Å². The lowest BCUT2D eigenvalue weighted by Gasteiger charge is -2.32. The van der Waals surface area contributed by atoms with E-state index in [1.807, 2.05) is 60.7 Å². The van der Waals surface area contributed by atoms with Crippen LogP contribution in [0, 0.1) is 0 Å². The van der Waals surface area contributed by atoms with Crippen LogP contribution in [0.3, 0.4) is 0 Å². The van der Waals surface area contributed by atoms with Crippen LogP contribution in [0.15, 0.2) is 114 Å². The van der Waals surface area contributed by atoms with Crippen LogP contribution in [0.25, 0.3) is 16.6 Å². The topological polar surface area (TPSA) is 55.1 Å². The molecule has 1 heterocycles. The Morgan fingerprint density at radius 3 is 1.83 bits per heavy atom. The normalized spacial score (nSPS) is 13.3. The fourth-order valence-corrected chi connectivity index (χ4v) is 4.87. The van der Waals surface area contributed by atoms with E-state index < -0.39 is 35.0 Å². The highest BCUT2D eigenvalue weighted by Crippen LogP contribution is 2.50. The number of alkyl halides is 6. The Morgan fingerprint density at radius 1 is 0.707 bits per heavy atom. The van der Waals surface area contributed by atoms with Gasteiger partial charge in [-0.2, -0.15) is 26.3 Å². The largest absolute Gasteiger partial charge is 0.430 e. The van der Waals surface area contributed by atoms with Crippen LogP contribution in [-0.4, -0.2) is 27.0 Å². The predicted molar refractivity (Wildman–Crippen MR) is 142 cm³/mol. The van der Waals surface area contributed by atoms with E-state index in [0.717, 1.165) is 23.3 Å². The van der Waals surface area contributed by atoms with Crippen molar-refractivity contribution in [3.63, 3.8) is 0 Å². The molecule has 1 atom stereocenters. The number of para-hydroxylation sites is 1. The molecule has 0 spiro atoms. The van der Waals surface area contributed by atoms with E-state index in [9.17, 15) is 36.2 Å². The number of aromatic nitrogens is 2. The van der Waals surface area contributed by atoms with Gasteiger partial charge in [0.2, 0.25) is 0 Å². The van der Waals surface area contributed by atoms with Gasteiger partial charge in [0.1, 0.15) is 5.82 Å². The van der Waals surface area contributed by atoms with Crippen molar-refractivity contribution in [1.29, 1.82) is 0 Å². The van der Waals surface area contributed by atoms with Crippen molar-refractivity contribution >= 4 is 10.9 Å². The predicted octanol–water partition coefficient (Wildman–Crippen LogP) is 7.07. The Balaban J connectivity index is 1.74. The Hall–Kier alpha value is -4.44. The molecule has 5 aromatic rings. The standard InChI is InChI=1S/C31H22F6N2O2/c32-30(33,34)29(41,31(35,36)37)22-15-17-23(18-16-22)39-27(38-26-14-8-7-13-24(26)28(39)40)25(21-11-5-2-6-12-21)19-20-9-3-1-4-10-20/h1-18,25,41H,19H2. The molecule has 0 radical (unpaired) electrons. The van der Waals surface area contributed by atoms with Gasteiger partial charge < -0.3 is 5.11 Å². The van der Waals surface area contributed by atoms with Crippen molar-refractivity contribution in [2.45, 2.75) is 30.3 Å². The summed E-state index contributed by atoms with van der Waals surface area (Å²) in [5, 5.41) is 10.1. The molecule has 1 aromatic heterocycles. The first-order chi connectivity index (χ1) is 19.4. The number of aliphatic hydroxyl groups is 1. The molecule has 0 amide bonds.